The predicted octanol–water partition coefficient (Wildman–Crippen LogP) is 1.03. The van der Waals surface area contributed by atoms with Crippen molar-refractivity contribution in [1.82, 2.24) is 4.90 Å². The molecule has 82 valence electrons. The first-order chi connectivity index (χ1) is 7.18. The first-order valence-corrected chi connectivity index (χ1v) is 5.39. The molecule has 1 aliphatic carbocycles. The topological polar surface area (TPSA) is 57.6 Å². The number of hydrogen-bond donors (Lipinski definition) is 1. The maximum Gasteiger partial charge on any atom is 0.394 e. The molecule has 15 heavy (non-hydrogen) atoms. The lowest BCUT2D eigenvalue weighted by Crippen LogP contribution is -2.43. The van der Waals surface area contributed by atoms with Gasteiger partial charge >= 0.3 is 11.9 Å². The van der Waals surface area contributed by atoms with E-state index in [1.807, 2.05) is 0 Å². The van der Waals surface area contributed by atoms with Gasteiger partial charge in [0.1, 0.15) is 0 Å². The average Bonchev–Trinajstić information content (AvgIpc) is 2.27. The zero-order valence-corrected chi connectivity index (χ0v) is 8.61. The molecule has 1 heterocycles. The monoisotopic (exact) mass is 209 g/mol. The molecular weight excluding hydrogens is 194 g/mol. The number of piperidine rings is 1. The largest absolute Gasteiger partial charge is 0.474 e. The normalized spacial score (nSPS) is 25.5. The summed E-state index contributed by atoms with van der Waals surface area (Å²) in [6.07, 6.45) is 6.59. The second-order valence-corrected chi connectivity index (χ2v) is 4.23. The van der Waals surface area contributed by atoms with Crippen molar-refractivity contribution in [2.45, 2.75) is 25.7 Å². The Morgan fingerprint density at radius 3 is 2.93 bits per heavy atom. The summed E-state index contributed by atoms with van der Waals surface area (Å²) in [5.41, 5.74) is 1.27. The minimum atomic E-state index is -1.34. The van der Waals surface area contributed by atoms with Crippen LogP contribution in [0.15, 0.2) is 11.6 Å². The number of rotatable bonds is 0. The van der Waals surface area contributed by atoms with E-state index in [1.165, 1.54) is 23.3 Å². The number of aliphatic carboxylic acids is 1. The van der Waals surface area contributed by atoms with Crippen molar-refractivity contribution in [3.63, 3.8) is 0 Å². The lowest BCUT2D eigenvalue weighted by Gasteiger charge is -2.35. The van der Waals surface area contributed by atoms with Crippen LogP contribution in [0.4, 0.5) is 0 Å². The Hall–Kier alpha value is -1.32. The molecule has 1 saturated heterocycles. The Labute approximate surface area is 88.6 Å². The van der Waals surface area contributed by atoms with Crippen LogP contribution in [0.5, 0.6) is 0 Å². The van der Waals surface area contributed by atoms with Gasteiger partial charge in [-0.25, -0.2) is 4.79 Å². The molecule has 0 aromatic carbocycles. The minimum Gasteiger partial charge on any atom is -0.474 e. The summed E-state index contributed by atoms with van der Waals surface area (Å²) in [6.45, 7) is 1.11. The Morgan fingerprint density at radius 2 is 2.20 bits per heavy atom. The van der Waals surface area contributed by atoms with E-state index in [4.69, 9.17) is 5.11 Å². The molecule has 1 N–H and O–H groups in total. The zero-order chi connectivity index (χ0) is 10.8. The van der Waals surface area contributed by atoms with Crippen molar-refractivity contribution in [1.29, 1.82) is 0 Å². The van der Waals surface area contributed by atoms with Crippen LogP contribution in [-0.2, 0) is 9.59 Å². The molecule has 2 rings (SSSR count). The van der Waals surface area contributed by atoms with Gasteiger partial charge in [0.15, 0.2) is 0 Å². The molecule has 1 atom stereocenters. The second-order valence-electron chi connectivity index (χ2n) is 4.23. The fourth-order valence-electron chi connectivity index (χ4n) is 2.45. The van der Waals surface area contributed by atoms with Gasteiger partial charge in [-0.1, -0.05) is 11.6 Å². The molecule has 0 bridgehead atoms. The summed E-state index contributed by atoms with van der Waals surface area (Å²) in [4.78, 5) is 23.3. The number of likely N-dealkylation sites (tertiary alicyclic amines) is 1. The number of hydrogen-bond acceptors (Lipinski definition) is 2. The molecule has 1 amide bonds. The van der Waals surface area contributed by atoms with E-state index in [1.54, 1.807) is 0 Å². The van der Waals surface area contributed by atoms with Gasteiger partial charge in [0, 0.05) is 13.1 Å². The van der Waals surface area contributed by atoms with Gasteiger partial charge in [-0.15, -0.1) is 0 Å². The van der Waals surface area contributed by atoms with Crippen molar-refractivity contribution >= 4 is 11.9 Å². The quantitative estimate of drug-likeness (QED) is 0.479. The lowest BCUT2D eigenvalue weighted by atomic mass is 9.82. The van der Waals surface area contributed by atoms with Crippen LogP contribution in [0.1, 0.15) is 25.7 Å². The van der Waals surface area contributed by atoms with Crippen molar-refractivity contribution in [2.75, 3.05) is 13.1 Å². The van der Waals surface area contributed by atoms with Gasteiger partial charge in [-0.3, -0.25) is 4.79 Å². The van der Waals surface area contributed by atoms with Crippen LogP contribution in [-0.4, -0.2) is 35.0 Å². The standard InChI is InChI=1S/C11H15NO3/c13-10(11(14)15)12-6-5-8-3-1-2-4-9(8)7-12/h4,8H,1-3,5-7H2,(H,14,15). The van der Waals surface area contributed by atoms with Crippen LogP contribution in [0.25, 0.3) is 0 Å². The molecule has 0 aromatic rings. The number of carbonyl (C=O) groups is 2. The van der Waals surface area contributed by atoms with Gasteiger partial charge in [0.2, 0.25) is 0 Å². The van der Waals surface area contributed by atoms with Gasteiger partial charge < -0.3 is 10.0 Å². The number of carboxylic acids is 1. The van der Waals surface area contributed by atoms with E-state index in [-0.39, 0.29) is 0 Å². The molecule has 0 saturated carbocycles. The van der Waals surface area contributed by atoms with E-state index in [0.717, 1.165) is 12.8 Å². The highest BCUT2D eigenvalue weighted by molar-refractivity contribution is 6.31. The molecule has 1 fully saturated rings. The molecular formula is C11H15NO3. The van der Waals surface area contributed by atoms with Crippen molar-refractivity contribution in [3.05, 3.63) is 11.6 Å². The van der Waals surface area contributed by atoms with Crippen LogP contribution in [0.2, 0.25) is 0 Å². The van der Waals surface area contributed by atoms with E-state index in [9.17, 15) is 9.59 Å². The van der Waals surface area contributed by atoms with E-state index >= 15 is 0 Å². The van der Waals surface area contributed by atoms with E-state index in [0.29, 0.717) is 19.0 Å². The summed E-state index contributed by atoms with van der Waals surface area (Å²) in [6, 6.07) is 0. The van der Waals surface area contributed by atoms with E-state index in [2.05, 4.69) is 6.08 Å². The van der Waals surface area contributed by atoms with Gasteiger partial charge in [-0.2, -0.15) is 0 Å². The zero-order valence-electron chi connectivity index (χ0n) is 8.61. The Morgan fingerprint density at radius 1 is 1.40 bits per heavy atom. The molecule has 1 unspecified atom stereocenters. The number of nitrogens with zero attached hydrogens (tertiary/aromatic N) is 1. The van der Waals surface area contributed by atoms with Crippen molar-refractivity contribution < 1.29 is 14.7 Å². The summed E-state index contributed by atoms with van der Waals surface area (Å²) in [5, 5.41) is 8.62. The smallest absolute Gasteiger partial charge is 0.394 e. The summed E-state index contributed by atoms with van der Waals surface area (Å²) in [7, 11) is 0. The van der Waals surface area contributed by atoms with Crippen LogP contribution < -0.4 is 0 Å². The Kier molecular flexibility index (Phi) is 2.75. The van der Waals surface area contributed by atoms with Gasteiger partial charge in [-0.05, 0) is 31.6 Å². The average molecular weight is 209 g/mol. The third-order valence-corrected chi connectivity index (χ3v) is 3.28. The van der Waals surface area contributed by atoms with E-state index < -0.39 is 11.9 Å². The maximum atomic E-state index is 11.3. The fourth-order valence-corrected chi connectivity index (χ4v) is 2.45. The number of fused-ring (bicyclic) bond motifs is 1. The maximum absolute atomic E-state index is 11.3. The molecule has 4 nitrogen and oxygen atoms in total. The molecule has 2 aliphatic rings. The van der Waals surface area contributed by atoms with Crippen LogP contribution in [0.3, 0.4) is 0 Å². The van der Waals surface area contributed by atoms with Crippen LogP contribution >= 0.6 is 0 Å². The number of carbonyl (C=O) groups excluding carboxylic acids is 1. The summed E-state index contributed by atoms with van der Waals surface area (Å²) < 4.78 is 0. The molecule has 4 heteroatoms. The van der Waals surface area contributed by atoms with Crippen molar-refractivity contribution in [2.24, 2.45) is 5.92 Å². The highest BCUT2D eigenvalue weighted by Gasteiger charge is 2.30. The number of amides is 1. The summed E-state index contributed by atoms with van der Waals surface area (Å²) in [5.74, 6) is -1.51. The Balaban J connectivity index is 2.05. The van der Waals surface area contributed by atoms with Crippen molar-refractivity contribution in [3.8, 4) is 0 Å². The second kappa shape index (κ2) is 4.04. The molecule has 1 aliphatic heterocycles. The highest BCUT2D eigenvalue weighted by atomic mass is 16.4. The number of allylic oxidation sites excluding steroid dienone is 1. The SMILES string of the molecule is O=C(O)C(=O)N1CCC2CCCC=C2C1. The minimum absolute atomic E-state index is 0.524. The first kappa shape index (κ1) is 10.2. The number of carboxylic acid groups (broad SMARTS) is 1. The summed E-state index contributed by atoms with van der Waals surface area (Å²) >= 11 is 0. The van der Waals surface area contributed by atoms with Gasteiger partial charge in [0.25, 0.3) is 0 Å². The fraction of sp³-hybridized carbons (Fsp3) is 0.636. The lowest BCUT2D eigenvalue weighted by molar-refractivity contribution is -0.156. The third-order valence-electron chi connectivity index (χ3n) is 3.28. The third kappa shape index (κ3) is 2.03. The molecule has 0 radical (unpaired) electrons. The van der Waals surface area contributed by atoms with Gasteiger partial charge in [0.05, 0.1) is 0 Å². The molecule has 0 aromatic heterocycles. The highest BCUT2D eigenvalue weighted by Crippen LogP contribution is 2.31. The molecule has 0 spiro atoms. The Bertz CT molecular complexity index is 322. The van der Waals surface area contributed by atoms with Crippen LogP contribution in [0, 0.1) is 5.92 Å². The first-order valence-electron chi connectivity index (χ1n) is 5.39. The predicted molar refractivity (Wildman–Crippen MR) is 54.3 cm³/mol.